The van der Waals surface area contributed by atoms with E-state index < -0.39 is 11.8 Å². The van der Waals surface area contributed by atoms with Crippen LogP contribution in [0.15, 0.2) is 60.9 Å². The molecular formula is C26H30N4O2. The smallest absolute Gasteiger partial charge is 0.226 e. The monoisotopic (exact) mass is 430 g/mol. The third-order valence-electron chi connectivity index (χ3n) is 6.47. The van der Waals surface area contributed by atoms with Crippen LogP contribution in [-0.4, -0.2) is 45.7 Å². The molecule has 2 aromatic carbocycles. The second-order valence-corrected chi connectivity index (χ2v) is 8.68. The summed E-state index contributed by atoms with van der Waals surface area (Å²) in [6.45, 7) is 4.70. The number of hydrogen-bond acceptors (Lipinski definition) is 2. The van der Waals surface area contributed by atoms with Crippen molar-refractivity contribution in [2.75, 3.05) is 14.1 Å². The number of fused-ring (bicyclic) bond motifs is 2. The van der Waals surface area contributed by atoms with Crippen molar-refractivity contribution in [3.63, 3.8) is 0 Å². The Hall–Kier alpha value is -3.54. The lowest BCUT2D eigenvalue weighted by molar-refractivity contribution is -0.144. The minimum atomic E-state index is -0.413. The maximum atomic E-state index is 13.1. The first-order valence-electron chi connectivity index (χ1n) is 11.0. The maximum Gasteiger partial charge on any atom is 0.226 e. The zero-order chi connectivity index (χ0) is 22.8. The zero-order valence-corrected chi connectivity index (χ0v) is 19.1. The van der Waals surface area contributed by atoms with Crippen LogP contribution >= 0.6 is 0 Å². The van der Waals surface area contributed by atoms with Crippen molar-refractivity contribution in [2.45, 2.75) is 26.9 Å². The molecule has 4 aromatic rings. The van der Waals surface area contributed by atoms with Crippen molar-refractivity contribution in [3.05, 3.63) is 72.1 Å². The number of H-pyrrole nitrogens is 2. The van der Waals surface area contributed by atoms with Crippen LogP contribution in [0.3, 0.4) is 0 Å². The maximum absolute atomic E-state index is 13.1. The number of rotatable bonds is 7. The Morgan fingerprint density at radius 3 is 1.53 bits per heavy atom. The van der Waals surface area contributed by atoms with Crippen LogP contribution in [0.4, 0.5) is 0 Å². The Morgan fingerprint density at radius 1 is 0.719 bits per heavy atom. The third-order valence-corrected chi connectivity index (χ3v) is 6.47. The van der Waals surface area contributed by atoms with Gasteiger partial charge in [0, 0.05) is 73.2 Å². The predicted molar refractivity (Wildman–Crippen MR) is 128 cm³/mol. The first-order chi connectivity index (χ1) is 15.4. The highest BCUT2D eigenvalue weighted by Gasteiger charge is 2.30. The second-order valence-electron chi connectivity index (χ2n) is 8.68. The van der Waals surface area contributed by atoms with Crippen LogP contribution in [0, 0.1) is 11.8 Å². The molecule has 2 atom stereocenters. The quantitative estimate of drug-likeness (QED) is 0.452. The van der Waals surface area contributed by atoms with Gasteiger partial charge in [-0.2, -0.15) is 0 Å². The van der Waals surface area contributed by atoms with Crippen molar-refractivity contribution in [3.8, 4) is 0 Å². The molecule has 6 heteroatoms. The van der Waals surface area contributed by atoms with Gasteiger partial charge in [-0.15, -0.1) is 0 Å². The number of nitrogens with one attached hydrogen (secondary N) is 2. The molecule has 2 unspecified atom stereocenters. The normalized spacial score (nSPS) is 13.2. The standard InChI is InChI=1S/C26H30N4O2/c1-17(25(31)29(3)15-19-7-5-9-23-21(19)11-13-27-23)18(2)26(32)30(4)16-20-8-6-10-24-22(20)12-14-28-24/h5-14,17-18,27-28H,15-16H2,1-4H3. The van der Waals surface area contributed by atoms with E-state index in [0.29, 0.717) is 13.1 Å². The van der Waals surface area contributed by atoms with Crippen LogP contribution in [0.1, 0.15) is 25.0 Å². The largest absolute Gasteiger partial charge is 0.361 e. The fourth-order valence-corrected chi connectivity index (χ4v) is 4.37. The zero-order valence-electron chi connectivity index (χ0n) is 19.1. The van der Waals surface area contributed by atoms with Gasteiger partial charge in [0.2, 0.25) is 11.8 Å². The first-order valence-corrected chi connectivity index (χ1v) is 11.0. The number of nitrogens with zero attached hydrogens (tertiary/aromatic N) is 2. The third kappa shape index (κ3) is 4.13. The van der Waals surface area contributed by atoms with E-state index in [4.69, 9.17) is 0 Å². The summed E-state index contributed by atoms with van der Waals surface area (Å²) in [5.41, 5.74) is 4.28. The summed E-state index contributed by atoms with van der Waals surface area (Å²) < 4.78 is 0. The molecule has 4 rings (SSSR count). The Bertz CT molecular complexity index is 1160. The molecular weight excluding hydrogens is 400 g/mol. The molecule has 0 radical (unpaired) electrons. The van der Waals surface area contributed by atoms with E-state index >= 15 is 0 Å². The molecule has 32 heavy (non-hydrogen) atoms. The Balaban J connectivity index is 1.41. The highest BCUT2D eigenvalue weighted by atomic mass is 16.2. The van der Waals surface area contributed by atoms with E-state index in [1.54, 1.807) is 23.9 Å². The first kappa shape index (κ1) is 21.7. The summed E-state index contributed by atoms with van der Waals surface area (Å²) in [7, 11) is 3.61. The molecule has 0 bridgehead atoms. The van der Waals surface area contributed by atoms with E-state index in [1.807, 2.05) is 74.8 Å². The lowest BCUT2D eigenvalue weighted by atomic mass is 9.92. The van der Waals surface area contributed by atoms with E-state index in [0.717, 1.165) is 32.9 Å². The summed E-state index contributed by atoms with van der Waals surface area (Å²) in [5, 5.41) is 2.23. The molecule has 2 amide bonds. The van der Waals surface area contributed by atoms with Crippen LogP contribution in [0.2, 0.25) is 0 Å². The SMILES string of the molecule is CC(C(=O)N(C)Cc1cccc2[nH]ccc12)C(C)C(=O)N(C)Cc1cccc2[nH]ccc12. The van der Waals surface area contributed by atoms with Crippen molar-refractivity contribution in [1.29, 1.82) is 0 Å². The molecule has 0 aliphatic carbocycles. The van der Waals surface area contributed by atoms with Gasteiger partial charge in [-0.25, -0.2) is 0 Å². The molecule has 2 aromatic heterocycles. The van der Waals surface area contributed by atoms with Gasteiger partial charge in [0.25, 0.3) is 0 Å². The van der Waals surface area contributed by atoms with Crippen LogP contribution in [0.5, 0.6) is 0 Å². The minimum absolute atomic E-state index is 0.0282. The number of carbonyl (C=O) groups excluding carboxylic acids is 2. The average Bonchev–Trinajstić information content (AvgIpc) is 3.47. The van der Waals surface area contributed by atoms with Crippen molar-refractivity contribution in [2.24, 2.45) is 11.8 Å². The van der Waals surface area contributed by atoms with Crippen molar-refractivity contribution < 1.29 is 9.59 Å². The van der Waals surface area contributed by atoms with E-state index in [2.05, 4.69) is 9.97 Å². The van der Waals surface area contributed by atoms with Crippen LogP contribution in [-0.2, 0) is 22.7 Å². The fourth-order valence-electron chi connectivity index (χ4n) is 4.37. The lowest BCUT2D eigenvalue weighted by Crippen LogP contribution is -2.40. The summed E-state index contributed by atoms with van der Waals surface area (Å²) in [4.78, 5) is 36.1. The van der Waals surface area contributed by atoms with Crippen LogP contribution < -0.4 is 0 Å². The van der Waals surface area contributed by atoms with Gasteiger partial charge in [0.15, 0.2) is 0 Å². The van der Waals surface area contributed by atoms with Crippen LogP contribution in [0.25, 0.3) is 21.8 Å². The molecule has 0 spiro atoms. The summed E-state index contributed by atoms with van der Waals surface area (Å²) in [6, 6.07) is 16.1. The average molecular weight is 431 g/mol. The minimum Gasteiger partial charge on any atom is -0.361 e. The molecule has 6 nitrogen and oxygen atoms in total. The molecule has 0 fully saturated rings. The molecule has 0 aliphatic heterocycles. The molecule has 2 heterocycles. The molecule has 0 saturated carbocycles. The van der Waals surface area contributed by atoms with Gasteiger partial charge in [-0.05, 0) is 35.4 Å². The van der Waals surface area contributed by atoms with E-state index in [1.165, 1.54) is 0 Å². The van der Waals surface area contributed by atoms with Crippen molar-refractivity contribution >= 4 is 33.6 Å². The fraction of sp³-hybridized carbons (Fsp3) is 0.308. The van der Waals surface area contributed by atoms with Gasteiger partial charge in [-0.3, -0.25) is 9.59 Å². The number of carbonyl (C=O) groups is 2. The Labute approximate surface area is 188 Å². The van der Waals surface area contributed by atoms with Gasteiger partial charge in [-0.1, -0.05) is 38.1 Å². The highest BCUT2D eigenvalue weighted by Crippen LogP contribution is 2.23. The van der Waals surface area contributed by atoms with Gasteiger partial charge in [0.05, 0.1) is 0 Å². The van der Waals surface area contributed by atoms with Gasteiger partial charge < -0.3 is 19.8 Å². The molecule has 2 N–H and O–H groups in total. The van der Waals surface area contributed by atoms with E-state index in [9.17, 15) is 9.59 Å². The Morgan fingerprint density at radius 2 is 1.12 bits per heavy atom. The Kier molecular flexibility index (Phi) is 6.04. The predicted octanol–water partition coefficient (Wildman–Crippen LogP) is 4.54. The topological polar surface area (TPSA) is 72.2 Å². The molecule has 166 valence electrons. The molecule has 0 saturated heterocycles. The van der Waals surface area contributed by atoms with Gasteiger partial charge >= 0.3 is 0 Å². The summed E-state index contributed by atoms with van der Waals surface area (Å²) >= 11 is 0. The lowest BCUT2D eigenvalue weighted by Gasteiger charge is -2.28. The molecule has 0 aliphatic rings. The summed E-state index contributed by atoms with van der Waals surface area (Å²) in [6.07, 6.45) is 3.81. The van der Waals surface area contributed by atoms with Crippen molar-refractivity contribution in [1.82, 2.24) is 19.8 Å². The number of aromatic amines is 2. The number of hydrogen-bond donors (Lipinski definition) is 2. The second kappa shape index (κ2) is 8.91. The van der Waals surface area contributed by atoms with Gasteiger partial charge in [0.1, 0.15) is 0 Å². The number of amides is 2. The number of aromatic nitrogens is 2. The highest BCUT2D eigenvalue weighted by molar-refractivity contribution is 5.88. The van der Waals surface area contributed by atoms with E-state index in [-0.39, 0.29) is 11.8 Å². The summed E-state index contributed by atoms with van der Waals surface area (Å²) in [5.74, 6) is -0.883. The number of benzene rings is 2.